The minimum Gasteiger partial charge on any atom is -0.388 e. The maximum absolute atomic E-state index is 13.6. The minimum absolute atomic E-state index is 0.00567. The fraction of sp³-hybridized carbons (Fsp3) is 0.560. The molecule has 0 spiro atoms. The van der Waals surface area contributed by atoms with Gasteiger partial charge in [0, 0.05) is 12.7 Å². The number of aliphatic hydroxyl groups excluding tert-OH is 2. The van der Waals surface area contributed by atoms with Gasteiger partial charge in [-0.1, -0.05) is 12.2 Å². The first-order valence-corrected chi connectivity index (χ1v) is 20.3. The summed E-state index contributed by atoms with van der Waals surface area (Å²) in [4.78, 5) is 40.5. The van der Waals surface area contributed by atoms with E-state index >= 15 is 0 Å². The van der Waals surface area contributed by atoms with E-state index < -0.39 is 57.4 Å². The molecule has 4 aromatic heterocycles. The lowest BCUT2D eigenvalue weighted by atomic mass is 10.1. The number of fused-ring (bicyclic) bond motifs is 1. The monoisotopic (exact) mass is 745 g/mol. The molecule has 7 rings (SSSR count). The molecule has 0 aromatic carbocycles. The number of aryl methyl sites for hydroxylation is 1. The second-order valence-corrected chi connectivity index (χ2v) is 17.0. The summed E-state index contributed by atoms with van der Waals surface area (Å²) in [6, 6.07) is 0. The van der Waals surface area contributed by atoms with Gasteiger partial charge in [0.05, 0.1) is 31.0 Å². The highest BCUT2D eigenvalue weighted by molar-refractivity contribution is 8.44. The van der Waals surface area contributed by atoms with E-state index in [9.17, 15) is 24.6 Å². The number of nitrogens with one attached hydrogen (secondary N) is 1. The molecule has 2 saturated heterocycles. The number of anilines is 2. The lowest BCUT2D eigenvalue weighted by Gasteiger charge is -2.25. The van der Waals surface area contributed by atoms with Crippen LogP contribution < -0.4 is 11.1 Å². The third-order valence-electron chi connectivity index (χ3n) is 8.31. The molecular formula is C25H33N9O10P2S2. The van der Waals surface area contributed by atoms with Crippen LogP contribution in [0.1, 0.15) is 43.1 Å². The third-order valence-corrected chi connectivity index (χ3v) is 10.7. The molecule has 7 atom stereocenters. The Bertz CT molecular complexity index is 1930. The lowest BCUT2D eigenvalue weighted by Crippen LogP contribution is -2.35. The Morgan fingerprint density at radius 3 is 2.75 bits per heavy atom. The fourth-order valence-corrected chi connectivity index (χ4v) is 8.17. The zero-order valence-electron chi connectivity index (χ0n) is 25.0. The van der Waals surface area contributed by atoms with Crippen LogP contribution in [0.15, 0.2) is 18.9 Å². The third kappa shape index (κ3) is 6.85. The van der Waals surface area contributed by atoms with Gasteiger partial charge in [0.1, 0.15) is 54.5 Å². The Morgan fingerprint density at radius 1 is 1.12 bits per heavy atom. The van der Waals surface area contributed by atoms with Gasteiger partial charge >= 0.3 is 13.5 Å². The number of hydrogen-bond acceptors (Lipinski definition) is 16. The van der Waals surface area contributed by atoms with Gasteiger partial charge in [-0.25, -0.2) is 29.5 Å². The van der Waals surface area contributed by atoms with Crippen molar-refractivity contribution in [2.45, 2.75) is 69.2 Å². The van der Waals surface area contributed by atoms with Crippen molar-refractivity contribution in [1.29, 1.82) is 0 Å². The van der Waals surface area contributed by atoms with E-state index in [1.807, 2.05) is 10.8 Å². The van der Waals surface area contributed by atoms with Crippen LogP contribution in [0.25, 0.3) is 22.2 Å². The molecule has 0 bridgehead atoms. The largest absolute Gasteiger partial charge is 0.388 e. The van der Waals surface area contributed by atoms with E-state index in [0.29, 0.717) is 12.8 Å². The average Bonchev–Trinajstić information content (AvgIpc) is 3.80. The van der Waals surface area contributed by atoms with Gasteiger partial charge in [-0.05, 0) is 43.1 Å². The van der Waals surface area contributed by atoms with E-state index in [4.69, 9.17) is 28.8 Å². The molecule has 3 aliphatic rings. The van der Waals surface area contributed by atoms with Crippen molar-refractivity contribution in [3.63, 3.8) is 0 Å². The molecule has 0 amide bonds. The van der Waals surface area contributed by atoms with Gasteiger partial charge in [-0.15, -0.1) is 0 Å². The SMILES string of the molecule is Nc1nc(CO)nc2c1ncn2[C@@H]1O[C@H](COP(O)(O)=S)[C@@H](O)[C@H]1OP(=O)(S)OC[C@@H]1CC[C@H](n2cc3c4c(ncnc42)NCCC3)O1. The summed E-state index contributed by atoms with van der Waals surface area (Å²) in [5, 5.41) is 25.1. The second kappa shape index (κ2) is 13.4. The van der Waals surface area contributed by atoms with E-state index in [2.05, 4.69) is 54.3 Å². The first kappa shape index (κ1) is 34.1. The van der Waals surface area contributed by atoms with Crippen molar-refractivity contribution >= 4 is 71.4 Å². The number of hydrogen-bond donors (Lipinski definition) is 7. The van der Waals surface area contributed by atoms with Crippen LogP contribution in [0.4, 0.5) is 11.6 Å². The predicted molar refractivity (Wildman–Crippen MR) is 175 cm³/mol. The zero-order valence-corrected chi connectivity index (χ0v) is 28.5. The average molecular weight is 746 g/mol. The smallest absolute Gasteiger partial charge is 0.386 e. The van der Waals surface area contributed by atoms with Gasteiger partial charge in [-0.2, -0.15) is 0 Å². The minimum atomic E-state index is -4.21. The summed E-state index contributed by atoms with van der Waals surface area (Å²) in [6.45, 7) is -8.69. The summed E-state index contributed by atoms with van der Waals surface area (Å²) in [7, 11) is 0. The molecule has 23 heteroatoms. The van der Waals surface area contributed by atoms with E-state index in [0.717, 1.165) is 41.8 Å². The van der Waals surface area contributed by atoms with Gasteiger partial charge in [-0.3, -0.25) is 13.6 Å². The van der Waals surface area contributed by atoms with Crippen LogP contribution in [-0.2, 0) is 52.4 Å². The van der Waals surface area contributed by atoms with Gasteiger partial charge in [0.2, 0.25) is 0 Å². The van der Waals surface area contributed by atoms with Crippen LogP contribution in [0.3, 0.4) is 0 Å². The van der Waals surface area contributed by atoms with Crippen molar-refractivity contribution in [1.82, 2.24) is 34.1 Å². The summed E-state index contributed by atoms with van der Waals surface area (Å²) >= 11 is 8.70. The Labute approximate surface area is 282 Å². The Kier molecular flexibility index (Phi) is 9.52. The molecule has 0 radical (unpaired) electrons. The van der Waals surface area contributed by atoms with Crippen molar-refractivity contribution in [2.24, 2.45) is 0 Å². The number of nitrogens with two attached hydrogens (primary N) is 1. The topological polar surface area (TPSA) is 256 Å². The molecule has 2 fully saturated rings. The van der Waals surface area contributed by atoms with Gasteiger partial charge in [0.25, 0.3) is 0 Å². The molecule has 7 heterocycles. The zero-order chi connectivity index (χ0) is 33.8. The van der Waals surface area contributed by atoms with Crippen LogP contribution in [0.2, 0.25) is 0 Å². The predicted octanol–water partition coefficient (Wildman–Crippen LogP) is 1.31. The number of nitrogen functional groups attached to an aromatic ring is 1. The molecule has 0 saturated carbocycles. The summed E-state index contributed by atoms with van der Waals surface area (Å²) in [6.07, 6.45) is 1.67. The molecule has 19 nitrogen and oxygen atoms in total. The molecule has 7 N–H and O–H groups in total. The first-order chi connectivity index (χ1) is 22.9. The normalized spacial score (nSPS) is 27.4. The standard InChI is InChI=1S/C25H33N9O10P2S2/c26-21-18-24(32-15(7-35)31-21)34(11-30-18)25-20(19(36)14(43-25)9-40-45(37,38)47)44-46(39,48)41-8-13-3-4-16(42-13)33-6-12-2-1-5-27-22-17(12)23(33)29-10-28-22/h6,10-11,13-14,16,19-20,25,35-36H,1-5,7-9H2,(H,39,48)(H2,26,31,32)(H,27,28,29)(H2,37,38,47)/t13-,14+,16+,19+,20+,25+,46?/m0/s1. The van der Waals surface area contributed by atoms with E-state index in [1.54, 1.807) is 0 Å². The quantitative estimate of drug-likeness (QED) is 0.0843. The summed E-state index contributed by atoms with van der Waals surface area (Å²) in [5.41, 5.74) is 8.18. The van der Waals surface area contributed by atoms with E-state index in [-0.39, 0.29) is 35.6 Å². The molecule has 1 unspecified atom stereocenters. The number of aliphatic hydroxyl groups is 2. The highest BCUT2D eigenvalue weighted by atomic mass is 32.7. The molecule has 0 aliphatic carbocycles. The van der Waals surface area contributed by atoms with E-state index in [1.165, 1.54) is 17.2 Å². The van der Waals surface area contributed by atoms with Crippen LogP contribution in [0, 0.1) is 0 Å². The number of imidazole rings is 1. The highest BCUT2D eigenvalue weighted by Gasteiger charge is 2.49. The van der Waals surface area contributed by atoms with Crippen LogP contribution >= 0.6 is 25.8 Å². The Balaban J connectivity index is 1.07. The first-order valence-electron chi connectivity index (χ1n) is 14.9. The Morgan fingerprint density at radius 2 is 1.96 bits per heavy atom. The van der Waals surface area contributed by atoms with Crippen molar-refractivity contribution in [3.8, 4) is 0 Å². The molecule has 260 valence electrons. The summed E-state index contributed by atoms with van der Waals surface area (Å²) in [5.74, 6) is 0.776. The molecule has 3 aliphatic heterocycles. The Hall–Kier alpha value is -2.36. The fourth-order valence-electron chi connectivity index (χ4n) is 6.17. The van der Waals surface area contributed by atoms with Crippen molar-refractivity contribution in [3.05, 3.63) is 30.2 Å². The second-order valence-electron chi connectivity index (χ2n) is 11.5. The van der Waals surface area contributed by atoms with Gasteiger partial charge < -0.3 is 49.6 Å². The maximum Gasteiger partial charge on any atom is 0.386 e. The highest BCUT2D eigenvalue weighted by Crippen LogP contribution is 2.57. The van der Waals surface area contributed by atoms with Crippen molar-refractivity contribution in [2.75, 3.05) is 30.8 Å². The molecule has 4 aromatic rings. The number of rotatable bonds is 11. The lowest BCUT2D eigenvalue weighted by molar-refractivity contribution is -0.0479. The molecule has 48 heavy (non-hydrogen) atoms. The number of nitrogens with zero attached hydrogens (tertiary/aromatic N) is 7. The van der Waals surface area contributed by atoms with Gasteiger partial charge in [0.15, 0.2) is 23.5 Å². The van der Waals surface area contributed by atoms with Crippen LogP contribution in [-0.4, -0.2) is 98.2 Å². The van der Waals surface area contributed by atoms with Crippen molar-refractivity contribution < 1.29 is 47.6 Å². The summed E-state index contributed by atoms with van der Waals surface area (Å²) < 4.78 is 45.6. The number of ether oxygens (including phenoxy) is 2. The maximum atomic E-state index is 13.6. The molecular weight excluding hydrogens is 712 g/mol. The number of thiol groups is 1. The number of aromatic nitrogens is 7. The van der Waals surface area contributed by atoms with Crippen LogP contribution in [0.5, 0.6) is 0 Å².